The van der Waals surface area contributed by atoms with E-state index >= 15 is 0 Å². The van der Waals surface area contributed by atoms with Gasteiger partial charge < -0.3 is 10.2 Å². The van der Waals surface area contributed by atoms with Gasteiger partial charge in [0.25, 0.3) is 0 Å². The van der Waals surface area contributed by atoms with Crippen LogP contribution in [0.1, 0.15) is 5.56 Å². The lowest BCUT2D eigenvalue weighted by Gasteiger charge is -2.16. The molecular weight excluding hydrogens is 254 g/mol. The molecule has 0 saturated heterocycles. The van der Waals surface area contributed by atoms with E-state index < -0.39 is 11.8 Å². The normalized spacial score (nSPS) is 9.90. The van der Waals surface area contributed by atoms with Crippen LogP contribution in [-0.2, 0) is 9.59 Å². The number of hydrogen-bond donors (Lipinski definition) is 1. The quantitative estimate of drug-likeness (QED) is 0.848. The van der Waals surface area contributed by atoms with Crippen LogP contribution in [0.2, 0.25) is 0 Å². The van der Waals surface area contributed by atoms with Gasteiger partial charge in [0.1, 0.15) is 5.82 Å². The number of aromatic nitrogens is 1. The topological polar surface area (TPSA) is 62.3 Å². The molecule has 0 radical (unpaired) electrons. The first-order valence-electron chi connectivity index (χ1n) is 6.14. The molecule has 0 fully saturated rings. The number of aryl methyl sites for hydroxylation is 1. The molecule has 5 nitrogen and oxygen atoms in total. The highest BCUT2D eigenvalue weighted by atomic mass is 16.2. The van der Waals surface area contributed by atoms with E-state index in [0.717, 1.165) is 5.56 Å². The van der Waals surface area contributed by atoms with Gasteiger partial charge in [-0.3, -0.25) is 9.59 Å². The Kier molecular flexibility index (Phi) is 4.10. The maximum atomic E-state index is 12.0. The average molecular weight is 269 g/mol. The fourth-order valence-corrected chi connectivity index (χ4v) is 1.70. The number of pyridine rings is 1. The van der Waals surface area contributed by atoms with Crippen LogP contribution in [0.3, 0.4) is 0 Å². The molecule has 20 heavy (non-hydrogen) atoms. The van der Waals surface area contributed by atoms with E-state index in [4.69, 9.17) is 0 Å². The van der Waals surface area contributed by atoms with Gasteiger partial charge in [-0.25, -0.2) is 4.98 Å². The Morgan fingerprint density at radius 1 is 1.15 bits per heavy atom. The van der Waals surface area contributed by atoms with Crippen molar-refractivity contribution in [1.82, 2.24) is 4.98 Å². The number of carbonyl (C=O) groups is 2. The smallest absolute Gasteiger partial charge is 0.307 e. The number of amides is 2. The predicted molar refractivity (Wildman–Crippen MR) is 77.5 cm³/mol. The van der Waals surface area contributed by atoms with Crippen LogP contribution in [0.4, 0.5) is 11.5 Å². The lowest BCUT2D eigenvalue weighted by atomic mass is 10.3. The summed E-state index contributed by atoms with van der Waals surface area (Å²) in [5, 5.41) is 2.49. The van der Waals surface area contributed by atoms with Gasteiger partial charge in [0.2, 0.25) is 0 Å². The van der Waals surface area contributed by atoms with Gasteiger partial charge in [-0.05, 0) is 36.8 Å². The summed E-state index contributed by atoms with van der Waals surface area (Å²) < 4.78 is 0. The Balaban J connectivity index is 2.08. The van der Waals surface area contributed by atoms with Crippen molar-refractivity contribution >= 4 is 23.3 Å². The molecule has 2 amide bonds. The number of carbonyl (C=O) groups excluding carboxylic acids is 2. The number of likely N-dealkylation sites (N-methyl/N-ethyl adjacent to an activating group) is 1. The summed E-state index contributed by atoms with van der Waals surface area (Å²) in [6, 6.07) is 12.5. The van der Waals surface area contributed by atoms with Crippen molar-refractivity contribution < 1.29 is 9.59 Å². The fourth-order valence-electron chi connectivity index (χ4n) is 1.70. The monoisotopic (exact) mass is 269 g/mol. The predicted octanol–water partition coefficient (Wildman–Crippen LogP) is 1.99. The van der Waals surface area contributed by atoms with Crippen molar-refractivity contribution in [1.29, 1.82) is 0 Å². The molecule has 0 bridgehead atoms. The SMILES string of the molecule is Cc1ccnc(NC(=O)C(=O)N(C)c2ccccc2)c1. The van der Waals surface area contributed by atoms with Gasteiger partial charge in [-0.1, -0.05) is 18.2 Å². The van der Waals surface area contributed by atoms with Crippen LogP contribution in [0, 0.1) is 6.92 Å². The highest BCUT2D eigenvalue weighted by Gasteiger charge is 2.20. The van der Waals surface area contributed by atoms with Gasteiger partial charge >= 0.3 is 11.8 Å². The Bertz CT molecular complexity index is 626. The molecule has 1 aromatic carbocycles. The second-order valence-corrected chi connectivity index (χ2v) is 4.37. The molecule has 0 spiro atoms. The summed E-state index contributed by atoms with van der Waals surface area (Å²) in [5.41, 5.74) is 1.61. The number of hydrogen-bond acceptors (Lipinski definition) is 3. The summed E-state index contributed by atoms with van der Waals surface area (Å²) in [6.45, 7) is 1.88. The second kappa shape index (κ2) is 5.97. The van der Waals surface area contributed by atoms with Crippen molar-refractivity contribution in [3.8, 4) is 0 Å². The van der Waals surface area contributed by atoms with Crippen LogP contribution in [0.5, 0.6) is 0 Å². The summed E-state index contributed by atoms with van der Waals surface area (Å²) in [5.74, 6) is -0.987. The van der Waals surface area contributed by atoms with E-state index in [9.17, 15) is 9.59 Å². The Morgan fingerprint density at radius 2 is 1.85 bits per heavy atom. The van der Waals surface area contributed by atoms with Gasteiger partial charge in [0.15, 0.2) is 0 Å². The van der Waals surface area contributed by atoms with Gasteiger partial charge in [0, 0.05) is 18.9 Å². The number of nitrogens with zero attached hydrogens (tertiary/aromatic N) is 2. The Morgan fingerprint density at radius 3 is 2.50 bits per heavy atom. The van der Waals surface area contributed by atoms with Crippen LogP contribution in [0.25, 0.3) is 0 Å². The van der Waals surface area contributed by atoms with E-state index in [1.54, 1.807) is 43.6 Å². The Hall–Kier alpha value is -2.69. The first-order valence-corrected chi connectivity index (χ1v) is 6.14. The van der Waals surface area contributed by atoms with Crippen molar-refractivity contribution in [2.45, 2.75) is 6.92 Å². The molecule has 5 heteroatoms. The van der Waals surface area contributed by atoms with Crippen LogP contribution in [-0.4, -0.2) is 23.8 Å². The highest BCUT2D eigenvalue weighted by molar-refractivity contribution is 6.44. The van der Waals surface area contributed by atoms with Crippen molar-refractivity contribution in [3.05, 3.63) is 54.2 Å². The highest BCUT2D eigenvalue weighted by Crippen LogP contribution is 2.12. The summed E-state index contributed by atoms with van der Waals surface area (Å²) in [7, 11) is 1.56. The lowest BCUT2D eigenvalue weighted by Crippen LogP contribution is -2.37. The van der Waals surface area contributed by atoms with Crippen LogP contribution in [0.15, 0.2) is 48.7 Å². The summed E-state index contributed by atoms with van der Waals surface area (Å²) in [6.07, 6.45) is 1.58. The number of para-hydroxylation sites is 1. The fraction of sp³-hybridized carbons (Fsp3) is 0.133. The number of nitrogens with one attached hydrogen (secondary N) is 1. The molecule has 1 aromatic heterocycles. The number of benzene rings is 1. The van der Waals surface area contributed by atoms with E-state index in [1.165, 1.54) is 4.90 Å². The van der Waals surface area contributed by atoms with Gasteiger partial charge in [-0.15, -0.1) is 0 Å². The molecule has 0 saturated carbocycles. The molecule has 102 valence electrons. The molecule has 1 heterocycles. The lowest BCUT2D eigenvalue weighted by molar-refractivity contribution is -0.134. The third kappa shape index (κ3) is 3.20. The zero-order valence-electron chi connectivity index (χ0n) is 11.3. The first kappa shape index (κ1) is 13.7. The summed E-state index contributed by atoms with van der Waals surface area (Å²) in [4.78, 5) is 29.2. The molecule has 0 aliphatic carbocycles. The van der Waals surface area contributed by atoms with E-state index in [1.807, 2.05) is 19.1 Å². The minimum Gasteiger partial charge on any atom is -0.307 e. The van der Waals surface area contributed by atoms with Crippen LogP contribution >= 0.6 is 0 Å². The maximum absolute atomic E-state index is 12.0. The van der Waals surface area contributed by atoms with Crippen molar-refractivity contribution in [2.75, 3.05) is 17.3 Å². The molecule has 0 atom stereocenters. The minimum absolute atomic E-state index is 0.366. The molecule has 0 unspecified atom stereocenters. The second-order valence-electron chi connectivity index (χ2n) is 4.37. The zero-order chi connectivity index (χ0) is 14.5. The molecule has 2 aromatic rings. The molecule has 0 aliphatic rings. The van der Waals surface area contributed by atoms with Crippen LogP contribution < -0.4 is 10.2 Å². The first-order chi connectivity index (χ1) is 9.58. The van der Waals surface area contributed by atoms with E-state index in [-0.39, 0.29) is 0 Å². The third-order valence-electron chi connectivity index (χ3n) is 2.80. The third-order valence-corrected chi connectivity index (χ3v) is 2.80. The molecular formula is C15H15N3O2. The zero-order valence-corrected chi connectivity index (χ0v) is 11.3. The average Bonchev–Trinajstić information content (AvgIpc) is 2.46. The molecule has 2 rings (SSSR count). The molecule has 1 N–H and O–H groups in total. The number of rotatable bonds is 2. The standard InChI is InChI=1S/C15H15N3O2/c1-11-8-9-16-13(10-11)17-14(19)15(20)18(2)12-6-4-3-5-7-12/h3-10H,1-2H3,(H,16,17,19). The van der Waals surface area contributed by atoms with Gasteiger partial charge in [-0.2, -0.15) is 0 Å². The number of anilines is 2. The largest absolute Gasteiger partial charge is 0.316 e. The van der Waals surface area contributed by atoms with E-state index in [2.05, 4.69) is 10.3 Å². The van der Waals surface area contributed by atoms with Crippen molar-refractivity contribution in [3.63, 3.8) is 0 Å². The Labute approximate surface area is 117 Å². The minimum atomic E-state index is -0.713. The maximum Gasteiger partial charge on any atom is 0.316 e. The summed E-state index contributed by atoms with van der Waals surface area (Å²) >= 11 is 0. The van der Waals surface area contributed by atoms with Crippen molar-refractivity contribution in [2.24, 2.45) is 0 Å². The molecule has 0 aliphatic heterocycles. The van der Waals surface area contributed by atoms with E-state index in [0.29, 0.717) is 11.5 Å². The van der Waals surface area contributed by atoms with Gasteiger partial charge in [0.05, 0.1) is 0 Å².